The number of hydrogen-bond acceptors (Lipinski definition) is 5. The van der Waals surface area contributed by atoms with Crippen molar-refractivity contribution in [1.29, 1.82) is 0 Å². The number of nitrogens with one attached hydrogen (secondary N) is 1. The first kappa shape index (κ1) is 19.7. The predicted octanol–water partition coefficient (Wildman–Crippen LogP) is 5.11. The van der Waals surface area contributed by atoms with Gasteiger partial charge in [-0.3, -0.25) is 4.79 Å². The molecule has 1 aliphatic heterocycles. The van der Waals surface area contributed by atoms with Crippen molar-refractivity contribution < 1.29 is 14.3 Å². The Labute approximate surface area is 172 Å². The highest BCUT2D eigenvalue weighted by molar-refractivity contribution is 8.26. The molecule has 3 rings (SSSR count). The van der Waals surface area contributed by atoms with E-state index in [-0.39, 0.29) is 5.91 Å². The van der Waals surface area contributed by atoms with Gasteiger partial charge in [-0.1, -0.05) is 65.4 Å². The van der Waals surface area contributed by atoms with Crippen LogP contribution in [0.25, 0.3) is 6.08 Å². The highest BCUT2D eigenvalue weighted by Crippen LogP contribution is 2.38. The molecule has 1 aliphatic rings. The largest absolute Gasteiger partial charge is 0.490 e. The highest BCUT2D eigenvalue weighted by atomic mass is 35.5. The number of carbonyl (C=O) groups excluding carboxylic acids is 1. The van der Waals surface area contributed by atoms with Crippen molar-refractivity contribution in [3.63, 3.8) is 0 Å². The third-order valence-corrected chi connectivity index (χ3v) is 5.22. The van der Waals surface area contributed by atoms with E-state index >= 15 is 0 Å². The van der Waals surface area contributed by atoms with E-state index in [2.05, 4.69) is 5.32 Å². The third-order valence-electron chi connectivity index (χ3n) is 3.78. The van der Waals surface area contributed by atoms with Crippen LogP contribution >= 0.6 is 35.6 Å². The van der Waals surface area contributed by atoms with E-state index < -0.39 is 0 Å². The molecule has 1 heterocycles. The minimum Gasteiger partial charge on any atom is -0.490 e. The lowest BCUT2D eigenvalue weighted by Crippen LogP contribution is -2.17. The maximum atomic E-state index is 11.9. The molecule has 140 valence electrons. The Morgan fingerprint density at radius 2 is 1.96 bits per heavy atom. The molecule has 1 saturated heterocycles. The van der Waals surface area contributed by atoms with Crippen molar-refractivity contribution in [2.24, 2.45) is 0 Å². The van der Waals surface area contributed by atoms with Gasteiger partial charge in [0.25, 0.3) is 5.91 Å². The number of benzene rings is 2. The van der Waals surface area contributed by atoms with Crippen LogP contribution in [-0.4, -0.2) is 16.8 Å². The minimum atomic E-state index is -0.209. The van der Waals surface area contributed by atoms with Crippen molar-refractivity contribution in [1.82, 2.24) is 5.32 Å². The van der Waals surface area contributed by atoms with Crippen molar-refractivity contribution in [3.8, 4) is 11.5 Å². The van der Waals surface area contributed by atoms with Gasteiger partial charge < -0.3 is 14.8 Å². The number of hydrogen-bond donors (Lipinski definition) is 1. The van der Waals surface area contributed by atoms with E-state index in [0.717, 1.165) is 11.1 Å². The fraction of sp³-hybridized carbons (Fsp3) is 0.200. The topological polar surface area (TPSA) is 47.6 Å². The van der Waals surface area contributed by atoms with Crippen LogP contribution in [-0.2, 0) is 11.4 Å². The second kappa shape index (κ2) is 8.78. The van der Waals surface area contributed by atoms with E-state index in [1.807, 2.05) is 44.2 Å². The van der Waals surface area contributed by atoms with Crippen LogP contribution in [0.2, 0.25) is 5.02 Å². The number of halogens is 1. The summed E-state index contributed by atoms with van der Waals surface area (Å²) in [6.45, 7) is 4.78. The summed E-state index contributed by atoms with van der Waals surface area (Å²) in [6, 6.07) is 11.7. The van der Waals surface area contributed by atoms with Gasteiger partial charge in [-0.15, -0.1) is 0 Å². The molecule has 0 bridgehead atoms. The van der Waals surface area contributed by atoms with Gasteiger partial charge in [-0.25, -0.2) is 0 Å². The third kappa shape index (κ3) is 5.03. The molecule has 0 atom stereocenters. The lowest BCUT2D eigenvalue weighted by Gasteiger charge is -2.15. The summed E-state index contributed by atoms with van der Waals surface area (Å²) in [4.78, 5) is 12.4. The normalized spacial score (nSPS) is 15.1. The smallest absolute Gasteiger partial charge is 0.263 e. The SMILES string of the molecule is CCOc1cc(/C=C2\SC(=S)NC2=O)cc(Cl)c1OCc1ccc(C)cc1. The first-order valence-electron chi connectivity index (χ1n) is 8.36. The number of ether oxygens (including phenoxy) is 2. The second-order valence-corrected chi connectivity index (χ2v) is 8.02. The standard InChI is InChI=1S/C20H18ClNO3S2/c1-3-24-16-9-14(10-17-19(23)22-20(26)27-17)8-15(21)18(16)25-11-13-6-4-12(2)5-7-13/h4-10H,3,11H2,1-2H3,(H,22,23,26)/b17-10-. The first-order valence-corrected chi connectivity index (χ1v) is 9.96. The van der Waals surface area contributed by atoms with Crippen LogP contribution in [0.3, 0.4) is 0 Å². The molecule has 4 nitrogen and oxygen atoms in total. The van der Waals surface area contributed by atoms with Gasteiger partial charge in [0, 0.05) is 0 Å². The van der Waals surface area contributed by atoms with E-state index in [1.165, 1.54) is 17.3 Å². The van der Waals surface area contributed by atoms with Crippen LogP contribution in [0, 0.1) is 6.92 Å². The van der Waals surface area contributed by atoms with Gasteiger partial charge in [-0.05, 0) is 43.2 Å². The molecule has 2 aromatic carbocycles. The van der Waals surface area contributed by atoms with Crippen molar-refractivity contribution in [3.05, 3.63) is 63.0 Å². The van der Waals surface area contributed by atoms with Crippen LogP contribution in [0.15, 0.2) is 41.3 Å². The van der Waals surface area contributed by atoms with E-state index in [4.69, 9.17) is 33.3 Å². The molecule has 0 aromatic heterocycles. The van der Waals surface area contributed by atoms with Crippen LogP contribution in [0.4, 0.5) is 0 Å². The Morgan fingerprint density at radius 3 is 2.59 bits per heavy atom. The Kier molecular flexibility index (Phi) is 6.42. The fourth-order valence-electron chi connectivity index (χ4n) is 2.49. The maximum Gasteiger partial charge on any atom is 0.263 e. The van der Waals surface area contributed by atoms with Gasteiger partial charge >= 0.3 is 0 Å². The molecule has 1 amide bonds. The van der Waals surface area contributed by atoms with Gasteiger partial charge in [0.05, 0.1) is 16.5 Å². The van der Waals surface area contributed by atoms with E-state index in [1.54, 1.807) is 12.1 Å². The number of aryl methyl sites for hydroxylation is 1. The zero-order valence-electron chi connectivity index (χ0n) is 14.9. The number of thiocarbonyl (C=S) groups is 1. The van der Waals surface area contributed by atoms with Crippen LogP contribution in [0.5, 0.6) is 11.5 Å². The molecule has 0 unspecified atom stereocenters. The average Bonchev–Trinajstić information content (AvgIpc) is 2.93. The summed E-state index contributed by atoms with van der Waals surface area (Å²) >= 11 is 12.7. The quantitative estimate of drug-likeness (QED) is 0.520. The van der Waals surface area contributed by atoms with Crippen molar-refractivity contribution in [2.45, 2.75) is 20.5 Å². The number of rotatable bonds is 6. The minimum absolute atomic E-state index is 0.209. The zero-order chi connectivity index (χ0) is 19.4. The van der Waals surface area contributed by atoms with Crippen molar-refractivity contribution in [2.75, 3.05) is 6.61 Å². The van der Waals surface area contributed by atoms with Crippen LogP contribution in [0.1, 0.15) is 23.6 Å². The molecular formula is C20H18ClNO3S2. The van der Waals surface area contributed by atoms with Gasteiger partial charge in [-0.2, -0.15) is 0 Å². The summed E-state index contributed by atoms with van der Waals surface area (Å²) in [7, 11) is 0. The van der Waals surface area contributed by atoms with Gasteiger partial charge in [0.2, 0.25) is 0 Å². The summed E-state index contributed by atoms with van der Waals surface area (Å²) in [6.07, 6.45) is 1.73. The van der Waals surface area contributed by atoms with Gasteiger partial charge in [0.15, 0.2) is 11.5 Å². The monoisotopic (exact) mass is 419 g/mol. The molecule has 27 heavy (non-hydrogen) atoms. The summed E-state index contributed by atoms with van der Waals surface area (Å²) < 4.78 is 12.1. The number of thioether (sulfide) groups is 1. The molecule has 0 saturated carbocycles. The summed E-state index contributed by atoms with van der Waals surface area (Å²) in [5, 5.41) is 3.02. The molecule has 0 aliphatic carbocycles. The lowest BCUT2D eigenvalue weighted by molar-refractivity contribution is -0.115. The average molecular weight is 420 g/mol. The lowest BCUT2D eigenvalue weighted by atomic mass is 10.1. The predicted molar refractivity (Wildman–Crippen MR) is 114 cm³/mol. The summed E-state index contributed by atoms with van der Waals surface area (Å²) in [5.74, 6) is 0.814. The molecule has 0 spiro atoms. The van der Waals surface area contributed by atoms with Gasteiger partial charge in [0.1, 0.15) is 10.9 Å². The van der Waals surface area contributed by atoms with Crippen molar-refractivity contribution >= 4 is 51.9 Å². The van der Waals surface area contributed by atoms with E-state index in [0.29, 0.717) is 39.0 Å². The Bertz CT molecular complexity index is 910. The molecule has 1 N–H and O–H groups in total. The summed E-state index contributed by atoms with van der Waals surface area (Å²) in [5.41, 5.74) is 2.98. The molecule has 1 fully saturated rings. The fourth-order valence-corrected chi connectivity index (χ4v) is 3.80. The molecular weight excluding hydrogens is 402 g/mol. The number of amides is 1. The van der Waals surface area contributed by atoms with E-state index in [9.17, 15) is 4.79 Å². The molecule has 0 radical (unpaired) electrons. The molecule has 7 heteroatoms. The highest BCUT2D eigenvalue weighted by Gasteiger charge is 2.22. The maximum absolute atomic E-state index is 11.9. The first-order chi connectivity index (χ1) is 13.0. The van der Waals surface area contributed by atoms with Crippen LogP contribution < -0.4 is 14.8 Å². The Hall–Kier alpha value is -2.02. The number of carbonyl (C=O) groups is 1. The Balaban J connectivity index is 1.85. The molecule has 2 aromatic rings. The zero-order valence-corrected chi connectivity index (χ0v) is 17.3. The Morgan fingerprint density at radius 1 is 1.22 bits per heavy atom. The second-order valence-electron chi connectivity index (χ2n) is 5.89.